The minimum Gasteiger partial charge on any atom is -0.772 e. The van der Waals surface area contributed by atoms with Gasteiger partial charge in [0.05, 0.1) is 0 Å². The Morgan fingerprint density at radius 1 is 1.29 bits per heavy atom. The lowest BCUT2D eigenvalue weighted by Gasteiger charge is -2.39. The van der Waals surface area contributed by atoms with Gasteiger partial charge in [0.2, 0.25) is 0 Å². The van der Waals surface area contributed by atoms with E-state index >= 15 is 0 Å². The van der Waals surface area contributed by atoms with Crippen molar-refractivity contribution < 1.29 is 8.76 Å². The van der Waals surface area contributed by atoms with Crippen LogP contribution in [-0.2, 0) is 16.5 Å². The van der Waals surface area contributed by atoms with Crippen molar-refractivity contribution >= 4 is 11.1 Å². The molecule has 96 valence electrons. The molecule has 0 spiro atoms. The van der Waals surface area contributed by atoms with Gasteiger partial charge in [-0.05, 0) is 18.4 Å². The normalized spacial score (nSPS) is 18.4. The van der Waals surface area contributed by atoms with Gasteiger partial charge in [-0.2, -0.15) is 0 Å². The number of rotatable bonds is 6. The van der Waals surface area contributed by atoms with E-state index in [-0.39, 0.29) is 10.7 Å². The fourth-order valence-corrected chi connectivity index (χ4v) is 3.48. The van der Waals surface area contributed by atoms with Crippen LogP contribution in [0.5, 0.6) is 0 Å². The van der Waals surface area contributed by atoms with Crippen molar-refractivity contribution in [2.75, 3.05) is 0 Å². The molecule has 1 aromatic carbocycles. The molecule has 0 saturated carbocycles. The summed E-state index contributed by atoms with van der Waals surface area (Å²) in [4.78, 5) is 0. The lowest BCUT2D eigenvalue weighted by atomic mass is 9.75. The van der Waals surface area contributed by atoms with Crippen molar-refractivity contribution in [1.82, 2.24) is 0 Å². The van der Waals surface area contributed by atoms with Gasteiger partial charge < -0.3 is 4.55 Å². The second-order valence-electron chi connectivity index (χ2n) is 4.67. The van der Waals surface area contributed by atoms with Crippen LogP contribution in [0.3, 0.4) is 0 Å². The van der Waals surface area contributed by atoms with E-state index < -0.39 is 11.1 Å². The molecule has 0 saturated heterocycles. The molecule has 0 fully saturated rings. The van der Waals surface area contributed by atoms with Crippen molar-refractivity contribution in [2.24, 2.45) is 0 Å². The largest absolute Gasteiger partial charge is 0.772 e. The van der Waals surface area contributed by atoms with Crippen LogP contribution >= 0.6 is 0 Å². The lowest BCUT2D eigenvalue weighted by molar-refractivity contribution is 0.386. The average Bonchev–Trinajstić information content (AvgIpc) is 2.35. The van der Waals surface area contributed by atoms with E-state index in [0.29, 0.717) is 0 Å². The molecule has 1 rings (SSSR count). The van der Waals surface area contributed by atoms with Crippen LogP contribution in [0.25, 0.3) is 0 Å². The SMILES string of the molecule is CCCC(S(=O)[O-])C(C)(CC)c1ccccc1. The topological polar surface area (TPSA) is 40.1 Å². The summed E-state index contributed by atoms with van der Waals surface area (Å²) in [5, 5.41) is -0.306. The first kappa shape index (κ1) is 14.4. The molecule has 3 unspecified atom stereocenters. The molecule has 0 aromatic heterocycles. The van der Waals surface area contributed by atoms with E-state index in [2.05, 4.69) is 13.8 Å². The van der Waals surface area contributed by atoms with E-state index in [4.69, 9.17) is 0 Å². The van der Waals surface area contributed by atoms with Gasteiger partial charge in [-0.15, -0.1) is 0 Å². The van der Waals surface area contributed by atoms with Gasteiger partial charge in [0, 0.05) is 10.7 Å². The summed E-state index contributed by atoms with van der Waals surface area (Å²) in [7, 11) is 0. The van der Waals surface area contributed by atoms with Crippen LogP contribution in [0, 0.1) is 0 Å². The van der Waals surface area contributed by atoms with Crippen LogP contribution in [0.15, 0.2) is 30.3 Å². The van der Waals surface area contributed by atoms with Gasteiger partial charge in [-0.25, -0.2) is 0 Å². The molecular formula is C14H21O2S-. The third kappa shape index (κ3) is 3.17. The first-order valence-electron chi connectivity index (χ1n) is 6.19. The molecule has 0 bridgehead atoms. The molecular weight excluding hydrogens is 232 g/mol. The van der Waals surface area contributed by atoms with Gasteiger partial charge in [-0.1, -0.05) is 68.6 Å². The van der Waals surface area contributed by atoms with Gasteiger partial charge in [-0.3, -0.25) is 4.21 Å². The molecule has 0 N–H and O–H groups in total. The van der Waals surface area contributed by atoms with Crippen LogP contribution in [0.2, 0.25) is 0 Å². The molecule has 3 heteroatoms. The van der Waals surface area contributed by atoms with E-state index in [0.717, 1.165) is 24.8 Å². The number of hydrogen-bond acceptors (Lipinski definition) is 2. The molecule has 0 amide bonds. The molecule has 17 heavy (non-hydrogen) atoms. The predicted octanol–water partition coefficient (Wildman–Crippen LogP) is 3.40. The average molecular weight is 253 g/mol. The summed E-state index contributed by atoms with van der Waals surface area (Å²) in [5.41, 5.74) is 0.828. The van der Waals surface area contributed by atoms with Crippen molar-refractivity contribution in [3.8, 4) is 0 Å². The molecule has 0 aliphatic heterocycles. The van der Waals surface area contributed by atoms with Gasteiger partial charge in [0.15, 0.2) is 0 Å². The highest BCUT2D eigenvalue weighted by atomic mass is 32.2. The zero-order chi connectivity index (χ0) is 12.9. The maximum Gasteiger partial charge on any atom is 0.0309 e. The van der Waals surface area contributed by atoms with Gasteiger partial charge in [0.25, 0.3) is 0 Å². The smallest absolute Gasteiger partial charge is 0.0309 e. The number of hydrogen-bond donors (Lipinski definition) is 0. The van der Waals surface area contributed by atoms with E-state index in [1.54, 1.807) is 0 Å². The van der Waals surface area contributed by atoms with Gasteiger partial charge in [0.1, 0.15) is 0 Å². The Kier molecular flexibility index (Phi) is 5.34. The lowest BCUT2D eigenvalue weighted by Crippen LogP contribution is -2.39. The van der Waals surface area contributed by atoms with Crippen molar-refractivity contribution in [1.29, 1.82) is 0 Å². The van der Waals surface area contributed by atoms with E-state index in [1.165, 1.54) is 0 Å². The predicted molar refractivity (Wildman–Crippen MR) is 71.7 cm³/mol. The second kappa shape index (κ2) is 6.31. The molecule has 0 aliphatic rings. The maximum atomic E-state index is 11.5. The molecule has 0 radical (unpaired) electrons. The van der Waals surface area contributed by atoms with Crippen LogP contribution in [-0.4, -0.2) is 14.0 Å². The Balaban J connectivity index is 3.13. The summed E-state index contributed by atoms with van der Waals surface area (Å²) < 4.78 is 22.9. The Morgan fingerprint density at radius 2 is 1.88 bits per heavy atom. The monoisotopic (exact) mass is 253 g/mol. The highest BCUT2D eigenvalue weighted by Crippen LogP contribution is 2.35. The quantitative estimate of drug-likeness (QED) is 0.729. The van der Waals surface area contributed by atoms with Crippen molar-refractivity contribution in [3.05, 3.63) is 35.9 Å². The highest BCUT2D eigenvalue weighted by Gasteiger charge is 2.34. The molecule has 1 aromatic rings. The van der Waals surface area contributed by atoms with Crippen LogP contribution in [0.4, 0.5) is 0 Å². The number of benzene rings is 1. The maximum absolute atomic E-state index is 11.5. The fraction of sp³-hybridized carbons (Fsp3) is 0.571. The highest BCUT2D eigenvalue weighted by molar-refractivity contribution is 7.79. The third-order valence-electron chi connectivity index (χ3n) is 3.66. The zero-order valence-electron chi connectivity index (χ0n) is 10.8. The summed E-state index contributed by atoms with van der Waals surface area (Å²) in [6.07, 6.45) is 2.44. The zero-order valence-corrected chi connectivity index (χ0v) is 11.6. The fourth-order valence-electron chi connectivity index (χ4n) is 2.33. The standard InChI is InChI=1S/C14H22O2S/c1-4-9-13(17(15)16)14(3,5-2)12-10-7-6-8-11-12/h6-8,10-11,13H,4-5,9H2,1-3H3,(H,15,16)/p-1. The summed E-state index contributed by atoms with van der Waals surface area (Å²) in [5.74, 6) is 0. The Hall–Kier alpha value is -0.670. The molecule has 0 heterocycles. The van der Waals surface area contributed by atoms with Crippen LogP contribution in [0.1, 0.15) is 45.6 Å². The molecule has 0 aliphatic carbocycles. The Labute approximate surface area is 107 Å². The third-order valence-corrected chi connectivity index (χ3v) is 4.88. The first-order chi connectivity index (χ1) is 8.06. The van der Waals surface area contributed by atoms with E-state index in [9.17, 15) is 8.76 Å². The summed E-state index contributed by atoms with van der Waals surface area (Å²) in [6, 6.07) is 9.96. The molecule has 3 atom stereocenters. The summed E-state index contributed by atoms with van der Waals surface area (Å²) >= 11 is -2.02. The van der Waals surface area contributed by atoms with Crippen LogP contribution < -0.4 is 0 Å². The van der Waals surface area contributed by atoms with Crippen molar-refractivity contribution in [2.45, 2.75) is 50.7 Å². The minimum absolute atomic E-state index is 0.288. The minimum atomic E-state index is -2.02. The van der Waals surface area contributed by atoms with E-state index in [1.807, 2.05) is 37.3 Å². The molecule has 2 nitrogen and oxygen atoms in total. The van der Waals surface area contributed by atoms with Gasteiger partial charge >= 0.3 is 0 Å². The Bertz CT molecular complexity index is 364. The Morgan fingerprint density at radius 3 is 2.29 bits per heavy atom. The van der Waals surface area contributed by atoms with Crippen molar-refractivity contribution in [3.63, 3.8) is 0 Å². The second-order valence-corrected chi connectivity index (χ2v) is 5.76. The summed E-state index contributed by atoms with van der Waals surface area (Å²) in [6.45, 7) is 6.14. The first-order valence-corrected chi connectivity index (χ1v) is 7.33.